The van der Waals surface area contributed by atoms with Gasteiger partial charge in [0.05, 0.1) is 16.5 Å². The molecule has 2 aliphatic rings. The van der Waals surface area contributed by atoms with E-state index in [1.54, 1.807) is 6.07 Å². The topological polar surface area (TPSA) is 77.0 Å². The highest BCUT2D eigenvalue weighted by Gasteiger charge is 2.40. The Bertz CT molecular complexity index is 1430. The number of pyridine rings is 1. The fraction of sp³-hybridized carbons (Fsp3) is 0.419. The van der Waals surface area contributed by atoms with Crippen LogP contribution >= 0.6 is 0 Å². The number of carbonyl (C=O) groups is 1. The third-order valence-corrected chi connectivity index (χ3v) is 9.45. The minimum absolute atomic E-state index is 0.0767. The molecule has 3 aromatic rings. The van der Waals surface area contributed by atoms with Crippen molar-refractivity contribution in [3.63, 3.8) is 0 Å². The number of carbonyl (C=O) groups excluding carboxylic acids is 1. The molecule has 5 rings (SSSR count). The maximum Gasteiger partial charge on any atom is 0.272 e. The fourth-order valence-corrected chi connectivity index (χ4v) is 6.89. The van der Waals surface area contributed by atoms with E-state index in [0.29, 0.717) is 37.4 Å². The van der Waals surface area contributed by atoms with Gasteiger partial charge < -0.3 is 14.9 Å². The number of benzene rings is 2. The normalized spacial score (nSPS) is 19.1. The third-order valence-electron chi connectivity index (χ3n) is 7.59. The van der Waals surface area contributed by atoms with Gasteiger partial charge in [0.15, 0.2) is 0 Å². The SMILES string of the molecule is CN1CCN(C(=O)c2cc3c(c(-c4cccc(-c5cccc(F)c5)c4)n2)[C@H](CCO)N([S@@](=O)C(C)(C)C)C3)CC1. The summed E-state index contributed by atoms with van der Waals surface area (Å²) in [6, 6.07) is 15.7. The summed E-state index contributed by atoms with van der Waals surface area (Å²) >= 11 is 0. The quantitative estimate of drug-likeness (QED) is 0.472. The predicted octanol–water partition coefficient (Wildman–Crippen LogP) is 4.64. The van der Waals surface area contributed by atoms with Crippen LogP contribution in [-0.2, 0) is 17.5 Å². The van der Waals surface area contributed by atoms with E-state index in [0.717, 1.165) is 40.9 Å². The first kappa shape index (κ1) is 28.5. The summed E-state index contributed by atoms with van der Waals surface area (Å²) in [6.07, 6.45) is 0.388. The highest BCUT2D eigenvalue weighted by molar-refractivity contribution is 7.84. The summed E-state index contributed by atoms with van der Waals surface area (Å²) in [6.45, 7) is 8.99. The van der Waals surface area contributed by atoms with Crippen molar-refractivity contribution < 1.29 is 18.5 Å². The number of hydrogen-bond acceptors (Lipinski definition) is 5. The van der Waals surface area contributed by atoms with E-state index < -0.39 is 15.7 Å². The molecule has 0 aliphatic carbocycles. The minimum atomic E-state index is -1.35. The van der Waals surface area contributed by atoms with Crippen LogP contribution in [0.2, 0.25) is 0 Å². The van der Waals surface area contributed by atoms with Gasteiger partial charge >= 0.3 is 0 Å². The van der Waals surface area contributed by atoms with Gasteiger partial charge in [-0.1, -0.05) is 30.3 Å². The zero-order valence-corrected chi connectivity index (χ0v) is 24.4. The van der Waals surface area contributed by atoms with Crippen molar-refractivity contribution in [2.24, 2.45) is 0 Å². The molecular weight excluding hydrogens is 527 g/mol. The van der Waals surface area contributed by atoms with E-state index in [4.69, 9.17) is 4.98 Å². The standard InChI is InChI=1S/C31H37FN4O3S/c1-31(2,3)40(39)36-20-24-19-26(30(38)35-14-12-34(4)13-15-35)33-29(28(24)27(36)11-16-37)23-9-5-7-21(17-23)22-8-6-10-25(32)18-22/h5-10,17-19,27,37H,11-16,20H2,1-4H3/t27-,40-/m0/s1. The molecule has 0 spiro atoms. The number of nitrogens with zero attached hydrogens (tertiary/aromatic N) is 4. The highest BCUT2D eigenvalue weighted by Crippen LogP contribution is 2.44. The van der Waals surface area contributed by atoms with Gasteiger partial charge in [0.2, 0.25) is 0 Å². The minimum Gasteiger partial charge on any atom is -0.396 e. The molecule has 0 radical (unpaired) electrons. The van der Waals surface area contributed by atoms with Crippen LogP contribution in [0.25, 0.3) is 22.4 Å². The van der Waals surface area contributed by atoms with E-state index >= 15 is 0 Å². The number of hydrogen-bond donors (Lipinski definition) is 1. The lowest BCUT2D eigenvalue weighted by molar-refractivity contribution is 0.0658. The smallest absolute Gasteiger partial charge is 0.272 e. The highest BCUT2D eigenvalue weighted by atomic mass is 32.2. The largest absolute Gasteiger partial charge is 0.396 e. The van der Waals surface area contributed by atoms with Gasteiger partial charge in [0.1, 0.15) is 22.5 Å². The maximum absolute atomic E-state index is 14.0. The Morgan fingerprint density at radius 2 is 1.68 bits per heavy atom. The number of aliphatic hydroxyl groups excluding tert-OH is 1. The molecule has 1 saturated heterocycles. The first-order valence-electron chi connectivity index (χ1n) is 13.7. The molecule has 40 heavy (non-hydrogen) atoms. The summed E-state index contributed by atoms with van der Waals surface area (Å²) in [5.41, 5.74) is 5.14. The van der Waals surface area contributed by atoms with Crippen molar-refractivity contribution in [2.45, 2.75) is 44.5 Å². The summed E-state index contributed by atoms with van der Waals surface area (Å²) in [7, 11) is 0.700. The van der Waals surface area contributed by atoms with E-state index in [1.807, 2.05) is 73.4 Å². The van der Waals surface area contributed by atoms with E-state index in [9.17, 15) is 18.5 Å². The maximum atomic E-state index is 14.0. The molecule has 0 bridgehead atoms. The molecule has 1 fully saturated rings. The molecule has 1 N–H and O–H groups in total. The Balaban J connectivity index is 1.65. The number of likely N-dealkylation sites (N-methyl/N-ethyl adjacent to an activating group) is 1. The summed E-state index contributed by atoms with van der Waals surface area (Å²) in [5.74, 6) is -0.433. The molecule has 7 nitrogen and oxygen atoms in total. The molecule has 212 valence electrons. The monoisotopic (exact) mass is 564 g/mol. The van der Waals surface area contributed by atoms with Crippen molar-refractivity contribution in [1.29, 1.82) is 0 Å². The van der Waals surface area contributed by atoms with Crippen LogP contribution < -0.4 is 0 Å². The van der Waals surface area contributed by atoms with Gasteiger partial charge in [-0.3, -0.25) is 4.79 Å². The van der Waals surface area contributed by atoms with Crippen LogP contribution in [0.5, 0.6) is 0 Å². The van der Waals surface area contributed by atoms with Crippen molar-refractivity contribution in [3.05, 3.63) is 77.2 Å². The lowest BCUT2D eigenvalue weighted by Crippen LogP contribution is -2.47. The average Bonchev–Trinajstić information content (AvgIpc) is 3.30. The van der Waals surface area contributed by atoms with Gasteiger partial charge in [0.25, 0.3) is 5.91 Å². The Labute approximate surface area is 238 Å². The lowest BCUT2D eigenvalue weighted by Gasteiger charge is -2.32. The number of halogens is 1. The summed E-state index contributed by atoms with van der Waals surface area (Å²) in [4.78, 5) is 22.7. The van der Waals surface area contributed by atoms with Gasteiger partial charge in [0, 0.05) is 50.5 Å². The molecule has 1 amide bonds. The van der Waals surface area contributed by atoms with Crippen LogP contribution in [-0.4, -0.2) is 78.9 Å². The van der Waals surface area contributed by atoms with Crippen molar-refractivity contribution >= 4 is 16.9 Å². The van der Waals surface area contributed by atoms with Crippen LogP contribution in [0.4, 0.5) is 4.39 Å². The van der Waals surface area contributed by atoms with E-state index in [2.05, 4.69) is 4.90 Å². The van der Waals surface area contributed by atoms with Crippen molar-refractivity contribution in [1.82, 2.24) is 19.1 Å². The van der Waals surface area contributed by atoms with Crippen molar-refractivity contribution in [2.75, 3.05) is 39.8 Å². The van der Waals surface area contributed by atoms with E-state index in [-0.39, 0.29) is 24.4 Å². The molecule has 9 heteroatoms. The second-order valence-corrected chi connectivity index (χ2v) is 13.8. The third kappa shape index (κ3) is 5.74. The predicted molar refractivity (Wildman–Crippen MR) is 156 cm³/mol. The van der Waals surface area contributed by atoms with Crippen LogP contribution in [0.15, 0.2) is 54.6 Å². The first-order chi connectivity index (χ1) is 19.1. The number of piperazine rings is 1. The van der Waals surface area contributed by atoms with Gasteiger partial charge in [-0.15, -0.1) is 0 Å². The molecular formula is C31H37FN4O3S. The molecule has 3 heterocycles. The molecule has 2 atom stereocenters. The Morgan fingerprint density at radius 1 is 1.02 bits per heavy atom. The zero-order valence-electron chi connectivity index (χ0n) is 23.6. The summed E-state index contributed by atoms with van der Waals surface area (Å²) < 4.78 is 29.1. The second-order valence-electron chi connectivity index (χ2n) is 11.6. The molecule has 0 saturated carbocycles. The Kier molecular flexibility index (Phi) is 8.20. The van der Waals surface area contributed by atoms with Crippen LogP contribution in [0.1, 0.15) is 54.8 Å². The van der Waals surface area contributed by atoms with Crippen LogP contribution in [0, 0.1) is 5.82 Å². The molecule has 2 aromatic carbocycles. The Hall–Kier alpha value is -2.98. The van der Waals surface area contributed by atoms with Crippen molar-refractivity contribution in [3.8, 4) is 22.4 Å². The lowest BCUT2D eigenvalue weighted by atomic mass is 9.94. The number of rotatable bonds is 6. The van der Waals surface area contributed by atoms with Gasteiger partial charge in [-0.05, 0) is 75.2 Å². The Morgan fingerprint density at radius 3 is 2.33 bits per heavy atom. The van der Waals surface area contributed by atoms with Gasteiger partial charge in [-0.2, -0.15) is 0 Å². The number of amides is 1. The van der Waals surface area contributed by atoms with E-state index in [1.165, 1.54) is 12.1 Å². The molecule has 1 aromatic heterocycles. The zero-order chi connectivity index (χ0) is 28.6. The molecule has 0 unspecified atom stereocenters. The number of fused-ring (bicyclic) bond motifs is 1. The summed E-state index contributed by atoms with van der Waals surface area (Å²) in [5, 5.41) is 10.0. The first-order valence-corrected chi connectivity index (χ1v) is 14.8. The molecule has 2 aliphatic heterocycles. The number of aliphatic hydroxyl groups is 1. The van der Waals surface area contributed by atoms with Gasteiger partial charge in [-0.25, -0.2) is 17.9 Å². The average molecular weight is 565 g/mol. The fourth-order valence-electron chi connectivity index (χ4n) is 5.48. The number of aromatic nitrogens is 1. The second kappa shape index (κ2) is 11.5. The van der Waals surface area contributed by atoms with Crippen LogP contribution in [0.3, 0.4) is 0 Å².